The van der Waals surface area contributed by atoms with E-state index in [-0.39, 0.29) is 0 Å². The Morgan fingerprint density at radius 3 is 2.62 bits per heavy atom. The van der Waals surface area contributed by atoms with Crippen LogP contribution in [0.4, 0.5) is 0 Å². The first-order valence-corrected chi connectivity index (χ1v) is 4.91. The van der Waals surface area contributed by atoms with Crippen LogP contribution in [0.1, 0.15) is 24.5 Å². The molecule has 0 aliphatic heterocycles. The molecule has 0 bridgehead atoms. The number of hydrogen-bond donors (Lipinski definition) is 1. The van der Waals surface area contributed by atoms with Crippen molar-refractivity contribution in [1.82, 2.24) is 0 Å². The van der Waals surface area contributed by atoms with E-state index in [4.69, 9.17) is 11.6 Å². The maximum absolute atomic E-state index is 10.1. The molecule has 2 rings (SSSR count). The Morgan fingerprint density at radius 2 is 2.15 bits per heavy atom. The van der Waals surface area contributed by atoms with Crippen molar-refractivity contribution in [3.8, 4) is 0 Å². The second-order valence-corrected chi connectivity index (χ2v) is 4.42. The van der Waals surface area contributed by atoms with Crippen LogP contribution in [0, 0.1) is 12.8 Å². The number of aryl methyl sites for hydroxylation is 1. The lowest BCUT2D eigenvalue weighted by Crippen LogP contribution is -2.08. The molecule has 13 heavy (non-hydrogen) atoms. The molecular weight excluding hydrogens is 184 g/mol. The highest BCUT2D eigenvalue weighted by Gasteiger charge is 2.51. The summed E-state index contributed by atoms with van der Waals surface area (Å²) in [6.07, 6.45) is 0.829. The quantitative estimate of drug-likeness (QED) is 0.733. The van der Waals surface area contributed by atoms with Crippen molar-refractivity contribution in [2.75, 3.05) is 0 Å². The van der Waals surface area contributed by atoms with E-state index in [0.717, 1.165) is 17.5 Å². The molecule has 0 aromatic heterocycles. The molecular formula is C11H13ClO. The van der Waals surface area contributed by atoms with Crippen LogP contribution in [0.15, 0.2) is 18.2 Å². The smallest absolute Gasteiger partial charge is 0.0941 e. The van der Waals surface area contributed by atoms with Crippen molar-refractivity contribution >= 4 is 11.6 Å². The minimum absolute atomic E-state index is 0.340. The van der Waals surface area contributed by atoms with Crippen LogP contribution in [-0.4, -0.2) is 5.11 Å². The molecule has 1 saturated carbocycles. The SMILES string of the molecule is Cc1ccc(C2(O)CC2C)c(Cl)c1. The summed E-state index contributed by atoms with van der Waals surface area (Å²) in [7, 11) is 0. The number of benzene rings is 1. The normalized spacial score (nSPS) is 31.8. The van der Waals surface area contributed by atoms with Gasteiger partial charge in [0.1, 0.15) is 0 Å². The number of aliphatic hydroxyl groups is 1. The molecule has 1 nitrogen and oxygen atoms in total. The molecule has 1 N–H and O–H groups in total. The van der Waals surface area contributed by atoms with Crippen molar-refractivity contribution in [3.63, 3.8) is 0 Å². The van der Waals surface area contributed by atoms with Gasteiger partial charge in [-0.15, -0.1) is 0 Å². The Bertz CT molecular complexity index is 348. The molecule has 2 unspecified atom stereocenters. The number of rotatable bonds is 1. The average molecular weight is 197 g/mol. The summed E-state index contributed by atoms with van der Waals surface area (Å²) in [6.45, 7) is 4.03. The van der Waals surface area contributed by atoms with Gasteiger partial charge in [0.05, 0.1) is 5.60 Å². The van der Waals surface area contributed by atoms with Crippen LogP contribution in [0.25, 0.3) is 0 Å². The fraction of sp³-hybridized carbons (Fsp3) is 0.455. The fourth-order valence-corrected chi connectivity index (χ4v) is 2.15. The summed E-state index contributed by atoms with van der Waals surface area (Å²) in [4.78, 5) is 0. The summed E-state index contributed by atoms with van der Waals surface area (Å²) in [5.74, 6) is 0.340. The monoisotopic (exact) mass is 196 g/mol. The topological polar surface area (TPSA) is 20.2 Å². The Labute approximate surface area is 83.3 Å². The fourth-order valence-electron chi connectivity index (χ4n) is 1.75. The van der Waals surface area contributed by atoms with Crippen molar-refractivity contribution in [3.05, 3.63) is 34.3 Å². The summed E-state index contributed by atoms with van der Waals surface area (Å²) in [5.41, 5.74) is 1.36. The zero-order valence-corrected chi connectivity index (χ0v) is 8.60. The van der Waals surface area contributed by atoms with Gasteiger partial charge in [0, 0.05) is 10.6 Å². The lowest BCUT2D eigenvalue weighted by Gasteiger charge is -2.11. The highest BCUT2D eigenvalue weighted by molar-refractivity contribution is 6.31. The maximum Gasteiger partial charge on any atom is 0.0941 e. The van der Waals surface area contributed by atoms with Crippen molar-refractivity contribution in [2.45, 2.75) is 25.9 Å². The largest absolute Gasteiger partial charge is 0.385 e. The molecule has 0 amide bonds. The van der Waals surface area contributed by atoms with Crippen LogP contribution < -0.4 is 0 Å². The third-order valence-corrected chi connectivity index (χ3v) is 3.18. The molecule has 1 aliphatic rings. The highest BCUT2D eigenvalue weighted by atomic mass is 35.5. The Kier molecular flexibility index (Phi) is 1.90. The van der Waals surface area contributed by atoms with Gasteiger partial charge in [-0.1, -0.05) is 30.7 Å². The Hall–Kier alpha value is -0.530. The molecule has 2 heteroatoms. The molecule has 0 radical (unpaired) electrons. The summed E-state index contributed by atoms with van der Waals surface area (Å²) in [5, 5.41) is 10.7. The second-order valence-electron chi connectivity index (χ2n) is 4.01. The molecule has 1 aromatic carbocycles. The van der Waals surface area contributed by atoms with Crippen molar-refractivity contribution < 1.29 is 5.11 Å². The summed E-state index contributed by atoms with van der Waals surface area (Å²) in [6, 6.07) is 5.82. The van der Waals surface area contributed by atoms with Crippen molar-refractivity contribution in [1.29, 1.82) is 0 Å². The van der Waals surface area contributed by atoms with Gasteiger partial charge < -0.3 is 5.11 Å². The van der Waals surface area contributed by atoms with E-state index in [0.29, 0.717) is 10.9 Å². The summed E-state index contributed by atoms with van der Waals surface area (Å²) >= 11 is 6.06. The molecule has 0 saturated heterocycles. The van der Waals surface area contributed by atoms with E-state index in [9.17, 15) is 5.11 Å². The third kappa shape index (κ3) is 1.36. The lowest BCUT2D eigenvalue weighted by molar-refractivity contribution is 0.135. The Balaban J connectivity index is 2.42. The third-order valence-electron chi connectivity index (χ3n) is 2.86. The van der Waals surface area contributed by atoms with Gasteiger partial charge in [0.2, 0.25) is 0 Å². The minimum Gasteiger partial charge on any atom is -0.385 e. The summed E-state index contributed by atoms with van der Waals surface area (Å²) < 4.78 is 0. The lowest BCUT2D eigenvalue weighted by atomic mass is 10.0. The molecule has 0 heterocycles. The van der Waals surface area contributed by atoms with Gasteiger partial charge in [-0.2, -0.15) is 0 Å². The molecule has 1 aromatic rings. The van der Waals surface area contributed by atoms with Crippen LogP contribution in [0.2, 0.25) is 5.02 Å². The van der Waals surface area contributed by atoms with E-state index in [2.05, 4.69) is 0 Å². The predicted octanol–water partition coefficient (Wildman–Crippen LogP) is 2.88. The standard InChI is InChI=1S/C11H13ClO/c1-7-3-4-9(10(12)5-7)11(13)6-8(11)2/h3-5,8,13H,6H2,1-2H3. The van der Waals surface area contributed by atoms with E-state index < -0.39 is 5.60 Å². The van der Waals surface area contributed by atoms with Crippen LogP contribution in [0.3, 0.4) is 0 Å². The van der Waals surface area contributed by atoms with Gasteiger partial charge >= 0.3 is 0 Å². The van der Waals surface area contributed by atoms with Gasteiger partial charge in [0.15, 0.2) is 0 Å². The average Bonchev–Trinajstić information content (AvgIpc) is 2.59. The van der Waals surface area contributed by atoms with Crippen LogP contribution >= 0.6 is 11.6 Å². The van der Waals surface area contributed by atoms with E-state index in [1.165, 1.54) is 0 Å². The molecule has 70 valence electrons. The van der Waals surface area contributed by atoms with Gasteiger partial charge in [-0.25, -0.2) is 0 Å². The second kappa shape index (κ2) is 2.73. The molecule has 1 aliphatic carbocycles. The first kappa shape index (κ1) is 9.04. The van der Waals surface area contributed by atoms with E-state index in [1.807, 2.05) is 32.0 Å². The van der Waals surface area contributed by atoms with Gasteiger partial charge in [0.25, 0.3) is 0 Å². The first-order chi connectivity index (χ1) is 6.04. The Morgan fingerprint density at radius 1 is 1.54 bits per heavy atom. The maximum atomic E-state index is 10.1. The van der Waals surface area contributed by atoms with Gasteiger partial charge in [-0.3, -0.25) is 0 Å². The zero-order valence-electron chi connectivity index (χ0n) is 7.84. The van der Waals surface area contributed by atoms with E-state index >= 15 is 0 Å². The highest BCUT2D eigenvalue weighted by Crippen LogP contribution is 2.53. The predicted molar refractivity (Wildman–Crippen MR) is 53.9 cm³/mol. The minimum atomic E-state index is -0.648. The molecule has 2 atom stereocenters. The molecule has 0 spiro atoms. The number of hydrogen-bond acceptors (Lipinski definition) is 1. The zero-order chi connectivity index (χ0) is 9.64. The van der Waals surface area contributed by atoms with Crippen LogP contribution in [-0.2, 0) is 5.60 Å². The van der Waals surface area contributed by atoms with Crippen LogP contribution in [0.5, 0.6) is 0 Å². The number of halogens is 1. The first-order valence-electron chi connectivity index (χ1n) is 4.53. The van der Waals surface area contributed by atoms with Gasteiger partial charge in [-0.05, 0) is 30.9 Å². The van der Waals surface area contributed by atoms with Crippen molar-refractivity contribution in [2.24, 2.45) is 5.92 Å². The molecule has 1 fully saturated rings. The van der Waals surface area contributed by atoms with E-state index in [1.54, 1.807) is 0 Å².